The molecule has 2 aromatic rings. The average Bonchev–Trinajstić information content (AvgIpc) is 2.85. The lowest BCUT2D eigenvalue weighted by Gasteiger charge is -2.25. The molecule has 0 radical (unpaired) electrons. The van der Waals surface area contributed by atoms with Crippen molar-refractivity contribution in [3.63, 3.8) is 0 Å². The lowest BCUT2D eigenvalue weighted by Crippen LogP contribution is -2.45. The second-order valence-electron chi connectivity index (χ2n) is 9.35. The van der Waals surface area contributed by atoms with Gasteiger partial charge in [-0.1, -0.05) is 13.8 Å². The quantitative estimate of drug-likeness (QED) is 0.167. The van der Waals surface area contributed by atoms with E-state index in [2.05, 4.69) is 10.4 Å². The topological polar surface area (TPSA) is 132 Å². The van der Waals surface area contributed by atoms with E-state index in [9.17, 15) is 23.5 Å². The number of aliphatic hydroxyl groups excluding tert-OH is 1. The van der Waals surface area contributed by atoms with Gasteiger partial charge in [-0.15, -0.1) is 0 Å². The Balaban J connectivity index is 2.32. The minimum Gasteiger partial charge on any atom is -0.391 e. The summed E-state index contributed by atoms with van der Waals surface area (Å²) in [6, 6.07) is 6.96. The van der Waals surface area contributed by atoms with Gasteiger partial charge < -0.3 is 26.6 Å². The molecule has 2 unspecified atom stereocenters. The molecule has 0 aliphatic carbocycles. The summed E-state index contributed by atoms with van der Waals surface area (Å²) in [5.41, 5.74) is 1.66. The Morgan fingerprint density at radius 2 is 1.68 bits per heavy atom. The van der Waals surface area contributed by atoms with Crippen LogP contribution >= 0.6 is 0 Å². The fourth-order valence-corrected chi connectivity index (χ4v) is 4.25. The third kappa shape index (κ3) is 9.33. The van der Waals surface area contributed by atoms with E-state index in [-0.39, 0.29) is 42.0 Å². The molecular weight excluding hydrogens is 492 g/mol. The number of aryl methyl sites for hydroxylation is 1. The summed E-state index contributed by atoms with van der Waals surface area (Å²) < 4.78 is 27.6. The van der Waals surface area contributed by atoms with E-state index < -0.39 is 29.7 Å². The highest BCUT2D eigenvalue weighted by atomic mass is 19.1. The first-order valence-electron chi connectivity index (χ1n) is 12.7. The Morgan fingerprint density at radius 3 is 2.26 bits per heavy atom. The van der Waals surface area contributed by atoms with Gasteiger partial charge in [0.1, 0.15) is 11.6 Å². The first kappa shape index (κ1) is 30.6. The van der Waals surface area contributed by atoms with E-state index in [4.69, 9.17) is 11.3 Å². The molecule has 38 heavy (non-hydrogen) atoms. The molecule has 10 heteroatoms. The molecule has 0 fully saturated rings. The van der Waals surface area contributed by atoms with Crippen LogP contribution in [0.5, 0.6) is 0 Å². The zero-order chi connectivity index (χ0) is 28.2. The highest BCUT2D eigenvalue weighted by Gasteiger charge is 2.24. The highest BCUT2D eigenvalue weighted by Crippen LogP contribution is 2.17. The lowest BCUT2D eigenvalue weighted by atomic mass is 9.96. The summed E-state index contributed by atoms with van der Waals surface area (Å²) in [5, 5.41) is 24.7. The maximum absolute atomic E-state index is 13.8. The first-order chi connectivity index (χ1) is 18.1. The predicted octanol–water partition coefficient (Wildman–Crippen LogP) is 3.98. The van der Waals surface area contributed by atoms with Crippen LogP contribution in [0.4, 0.5) is 8.78 Å². The molecule has 0 saturated heterocycles. The van der Waals surface area contributed by atoms with Crippen LogP contribution in [0.1, 0.15) is 71.4 Å². The average molecular weight is 530 g/mol. The number of hydrazone groups is 1. The standard InChI is InChI=1S/C28H37F2N5O3/c1-4-8-35(9-5-2)28(38)21-11-18(3)10-20(15-21)27(37)34-25(26(36)7-6-24(31)17-33-32)14-19-12-22(29)16-23(30)13-19/h10-13,15-17,25-26,31,36H,4-9,14,32H2,1-3H3,(H,34,37). The number of hydrogen-bond donors (Lipinski definition) is 4. The number of halogens is 2. The molecule has 0 aliphatic rings. The van der Waals surface area contributed by atoms with Gasteiger partial charge in [0.25, 0.3) is 11.8 Å². The maximum Gasteiger partial charge on any atom is 0.253 e. The van der Waals surface area contributed by atoms with Crippen molar-refractivity contribution in [2.24, 2.45) is 10.9 Å². The van der Waals surface area contributed by atoms with Crippen LogP contribution in [0.15, 0.2) is 41.5 Å². The Labute approximate surface area is 222 Å². The molecule has 2 amide bonds. The number of benzene rings is 2. The molecular formula is C28H37F2N5O3. The minimum absolute atomic E-state index is 0.0573. The van der Waals surface area contributed by atoms with Crippen molar-refractivity contribution >= 4 is 23.7 Å². The van der Waals surface area contributed by atoms with E-state index >= 15 is 0 Å². The molecule has 206 valence electrons. The van der Waals surface area contributed by atoms with Gasteiger partial charge in [0.2, 0.25) is 0 Å². The lowest BCUT2D eigenvalue weighted by molar-refractivity contribution is 0.0755. The molecule has 8 nitrogen and oxygen atoms in total. The Bertz CT molecular complexity index is 1130. The summed E-state index contributed by atoms with van der Waals surface area (Å²) in [7, 11) is 0. The van der Waals surface area contributed by atoms with E-state index in [1.54, 1.807) is 24.0 Å². The predicted molar refractivity (Wildman–Crippen MR) is 145 cm³/mol. The number of carbonyl (C=O) groups excluding carboxylic acids is 2. The summed E-state index contributed by atoms with van der Waals surface area (Å²) in [4.78, 5) is 28.2. The van der Waals surface area contributed by atoms with Gasteiger partial charge in [0.15, 0.2) is 0 Å². The highest BCUT2D eigenvalue weighted by molar-refractivity contribution is 6.28. The molecule has 0 aromatic heterocycles. The van der Waals surface area contributed by atoms with Crippen LogP contribution < -0.4 is 11.2 Å². The second-order valence-corrected chi connectivity index (χ2v) is 9.35. The monoisotopic (exact) mass is 529 g/mol. The van der Waals surface area contributed by atoms with Gasteiger partial charge in [-0.05, 0) is 80.5 Å². The Hall–Kier alpha value is -3.66. The number of rotatable bonds is 14. The molecule has 0 bridgehead atoms. The number of amides is 2. The molecule has 2 atom stereocenters. The normalized spacial score (nSPS) is 12.8. The molecule has 0 spiro atoms. The van der Waals surface area contributed by atoms with Crippen molar-refractivity contribution in [3.8, 4) is 0 Å². The molecule has 2 rings (SSSR count). The third-order valence-corrected chi connectivity index (χ3v) is 5.96. The van der Waals surface area contributed by atoms with Crippen LogP contribution in [0, 0.1) is 24.0 Å². The SMILES string of the molecule is CCCN(CCC)C(=O)c1cc(C)cc(C(=O)NC(Cc2cc(F)cc(F)c2)C(O)CCC(=N)C=NN)c1. The number of nitrogens with one attached hydrogen (secondary N) is 2. The minimum atomic E-state index is -1.15. The smallest absolute Gasteiger partial charge is 0.253 e. The second kappa shape index (κ2) is 14.9. The third-order valence-electron chi connectivity index (χ3n) is 5.96. The Kier molecular flexibility index (Phi) is 12.0. The van der Waals surface area contributed by atoms with E-state index in [1.165, 1.54) is 6.07 Å². The Morgan fingerprint density at radius 1 is 1.08 bits per heavy atom. The van der Waals surface area contributed by atoms with Crippen LogP contribution in [0.2, 0.25) is 0 Å². The number of nitrogens with zero attached hydrogens (tertiary/aromatic N) is 2. The van der Waals surface area contributed by atoms with Gasteiger partial charge in [0, 0.05) is 30.3 Å². The van der Waals surface area contributed by atoms with Crippen molar-refractivity contribution in [1.29, 1.82) is 5.41 Å². The summed E-state index contributed by atoms with van der Waals surface area (Å²) in [5.74, 6) is 2.81. The molecule has 0 saturated carbocycles. The molecule has 5 N–H and O–H groups in total. The molecule has 2 aromatic carbocycles. The van der Waals surface area contributed by atoms with Crippen LogP contribution in [-0.4, -0.2) is 59.0 Å². The van der Waals surface area contributed by atoms with E-state index in [0.29, 0.717) is 24.2 Å². The van der Waals surface area contributed by atoms with Crippen LogP contribution in [0.3, 0.4) is 0 Å². The number of aliphatic hydroxyl groups is 1. The van der Waals surface area contributed by atoms with Gasteiger partial charge >= 0.3 is 0 Å². The number of nitrogens with two attached hydrogens (primary N) is 1. The zero-order valence-corrected chi connectivity index (χ0v) is 22.1. The van der Waals surface area contributed by atoms with E-state index in [0.717, 1.165) is 37.3 Å². The largest absolute Gasteiger partial charge is 0.391 e. The first-order valence-corrected chi connectivity index (χ1v) is 12.7. The molecule has 0 heterocycles. The van der Waals surface area contributed by atoms with Gasteiger partial charge in [0.05, 0.1) is 24.1 Å². The van der Waals surface area contributed by atoms with Crippen molar-refractivity contribution in [2.75, 3.05) is 13.1 Å². The van der Waals surface area contributed by atoms with Crippen molar-refractivity contribution < 1.29 is 23.5 Å². The summed E-state index contributed by atoms with van der Waals surface area (Å²) in [6.45, 7) is 6.97. The van der Waals surface area contributed by atoms with Gasteiger partial charge in [-0.3, -0.25) is 9.59 Å². The fourth-order valence-electron chi connectivity index (χ4n) is 4.25. The van der Waals surface area contributed by atoms with E-state index in [1.807, 2.05) is 13.8 Å². The summed E-state index contributed by atoms with van der Waals surface area (Å²) >= 11 is 0. The van der Waals surface area contributed by atoms with Crippen molar-refractivity contribution in [3.05, 3.63) is 70.3 Å². The number of carbonyl (C=O) groups is 2. The number of hydrogen-bond acceptors (Lipinski definition) is 6. The van der Waals surface area contributed by atoms with Crippen LogP contribution in [-0.2, 0) is 6.42 Å². The molecule has 0 aliphatic heterocycles. The summed E-state index contributed by atoms with van der Waals surface area (Å²) in [6.07, 6.45) is 1.76. The van der Waals surface area contributed by atoms with Crippen molar-refractivity contribution in [2.45, 2.75) is 65.0 Å². The van der Waals surface area contributed by atoms with Gasteiger partial charge in [-0.2, -0.15) is 5.10 Å². The zero-order valence-electron chi connectivity index (χ0n) is 22.1. The van der Waals surface area contributed by atoms with Gasteiger partial charge in [-0.25, -0.2) is 8.78 Å². The maximum atomic E-state index is 13.8. The van der Waals surface area contributed by atoms with Crippen LogP contribution in [0.25, 0.3) is 0 Å². The van der Waals surface area contributed by atoms with Crippen molar-refractivity contribution in [1.82, 2.24) is 10.2 Å². The fraction of sp³-hybridized carbons (Fsp3) is 0.429.